The lowest BCUT2D eigenvalue weighted by atomic mass is 9.82. The number of nitrogens with one attached hydrogen (secondary N) is 1. The van der Waals surface area contributed by atoms with Crippen molar-refractivity contribution >= 4 is 17.6 Å². The Morgan fingerprint density at radius 2 is 1.87 bits per heavy atom. The van der Waals surface area contributed by atoms with Crippen LogP contribution < -0.4 is 5.32 Å². The van der Waals surface area contributed by atoms with E-state index in [1.165, 1.54) is 12.1 Å². The van der Waals surface area contributed by atoms with Crippen LogP contribution in [0.3, 0.4) is 0 Å². The zero-order valence-electron chi connectivity index (χ0n) is 12.6. The second-order valence-electron chi connectivity index (χ2n) is 5.75. The van der Waals surface area contributed by atoms with Crippen LogP contribution in [0, 0.1) is 5.92 Å². The number of hydrogen-bond acceptors (Lipinski definition) is 6. The zero-order valence-corrected chi connectivity index (χ0v) is 12.6. The van der Waals surface area contributed by atoms with Crippen molar-refractivity contribution in [3.05, 3.63) is 29.8 Å². The van der Waals surface area contributed by atoms with E-state index in [1.54, 1.807) is 12.1 Å². The number of carbonyl (C=O) groups is 2. The lowest BCUT2D eigenvalue weighted by Gasteiger charge is -2.38. The molecule has 1 aromatic rings. The minimum absolute atomic E-state index is 0.149. The van der Waals surface area contributed by atoms with Crippen molar-refractivity contribution in [1.82, 2.24) is 0 Å². The molecule has 2 fully saturated rings. The molecule has 1 amide bonds. The van der Waals surface area contributed by atoms with E-state index in [4.69, 9.17) is 14.7 Å². The number of ether oxygens (including phenoxy) is 2. The second kappa shape index (κ2) is 6.66. The smallest absolute Gasteiger partial charge is 0.347 e. The summed E-state index contributed by atoms with van der Waals surface area (Å²) in [6.07, 6.45) is 3.41. The Balaban J connectivity index is 1.69. The summed E-state index contributed by atoms with van der Waals surface area (Å²) in [5.41, 5.74) is 0.755. The minimum atomic E-state index is -0.845. The first-order valence-corrected chi connectivity index (χ1v) is 7.69. The van der Waals surface area contributed by atoms with Crippen LogP contribution in [0.5, 0.6) is 0 Å². The number of rotatable bonds is 3. The van der Waals surface area contributed by atoms with Crippen molar-refractivity contribution in [2.24, 2.45) is 5.92 Å². The number of benzene rings is 1. The predicted octanol–water partition coefficient (Wildman–Crippen LogP) is 2.19. The highest BCUT2D eigenvalue weighted by Gasteiger charge is 2.49. The topological polar surface area (TPSA) is 94.1 Å². The third-order valence-electron chi connectivity index (χ3n) is 4.36. The maximum absolute atomic E-state index is 12.6. The number of anilines is 1. The van der Waals surface area contributed by atoms with E-state index in [1.807, 2.05) is 0 Å². The summed E-state index contributed by atoms with van der Waals surface area (Å²) in [7, 11) is 0. The van der Waals surface area contributed by atoms with Crippen LogP contribution in [-0.2, 0) is 19.2 Å². The Morgan fingerprint density at radius 1 is 1.17 bits per heavy atom. The Morgan fingerprint density at radius 3 is 2.52 bits per heavy atom. The summed E-state index contributed by atoms with van der Waals surface area (Å²) >= 11 is 0. The normalized spacial score (nSPS) is 22.7. The number of carbonyl (C=O) groups excluding carboxylic acids is 2. The molecule has 2 N–H and O–H groups in total. The van der Waals surface area contributed by atoms with Gasteiger partial charge in [0.15, 0.2) is 5.79 Å². The fourth-order valence-electron chi connectivity index (χ4n) is 3.23. The third-order valence-corrected chi connectivity index (χ3v) is 4.36. The Kier molecular flexibility index (Phi) is 4.61. The van der Waals surface area contributed by atoms with Crippen molar-refractivity contribution in [3.8, 4) is 0 Å². The molecule has 0 aromatic heterocycles. The van der Waals surface area contributed by atoms with Gasteiger partial charge in [0.05, 0.1) is 24.7 Å². The first-order valence-electron chi connectivity index (χ1n) is 7.69. The molecule has 1 aliphatic carbocycles. The Labute approximate surface area is 133 Å². The molecule has 3 rings (SSSR count). The average Bonchev–Trinajstić information content (AvgIpc) is 3.03. The SMILES string of the molecule is O=C(OO)c1ccc(NC(=O)C2CCCCC23OCCO3)cc1. The van der Waals surface area contributed by atoms with E-state index >= 15 is 0 Å². The summed E-state index contributed by atoms with van der Waals surface area (Å²) < 4.78 is 11.5. The summed E-state index contributed by atoms with van der Waals surface area (Å²) in [6.45, 7) is 1.03. The van der Waals surface area contributed by atoms with Crippen LogP contribution in [0.4, 0.5) is 5.69 Å². The van der Waals surface area contributed by atoms with E-state index in [-0.39, 0.29) is 17.4 Å². The van der Waals surface area contributed by atoms with Crippen LogP contribution in [0.15, 0.2) is 24.3 Å². The zero-order chi connectivity index (χ0) is 16.3. The maximum Gasteiger partial charge on any atom is 0.372 e. The van der Waals surface area contributed by atoms with Gasteiger partial charge in [-0.25, -0.2) is 4.79 Å². The van der Waals surface area contributed by atoms with Gasteiger partial charge in [-0.05, 0) is 37.1 Å². The van der Waals surface area contributed by atoms with E-state index < -0.39 is 11.8 Å². The van der Waals surface area contributed by atoms with Gasteiger partial charge in [0.1, 0.15) is 0 Å². The van der Waals surface area contributed by atoms with Gasteiger partial charge in [0.2, 0.25) is 5.91 Å². The molecule has 1 aromatic carbocycles. The molecule has 1 atom stereocenters. The quantitative estimate of drug-likeness (QED) is 0.654. The fourth-order valence-corrected chi connectivity index (χ4v) is 3.23. The van der Waals surface area contributed by atoms with Gasteiger partial charge < -0.3 is 14.8 Å². The minimum Gasteiger partial charge on any atom is -0.347 e. The molecular weight excluding hydrogens is 302 g/mol. The van der Waals surface area contributed by atoms with Gasteiger partial charge >= 0.3 is 5.97 Å². The van der Waals surface area contributed by atoms with Gasteiger partial charge in [0, 0.05) is 12.1 Å². The highest BCUT2D eigenvalue weighted by Crippen LogP contribution is 2.41. The first-order chi connectivity index (χ1) is 11.1. The van der Waals surface area contributed by atoms with Crippen molar-refractivity contribution in [1.29, 1.82) is 0 Å². The van der Waals surface area contributed by atoms with Crippen LogP contribution in [0.2, 0.25) is 0 Å². The fraction of sp³-hybridized carbons (Fsp3) is 0.500. The summed E-state index contributed by atoms with van der Waals surface area (Å²) in [5.74, 6) is -2.13. The third kappa shape index (κ3) is 3.21. The van der Waals surface area contributed by atoms with E-state index in [9.17, 15) is 9.59 Å². The summed E-state index contributed by atoms with van der Waals surface area (Å²) in [5, 5.41) is 11.2. The van der Waals surface area contributed by atoms with Gasteiger partial charge in [-0.2, -0.15) is 5.26 Å². The van der Waals surface area contributed by atoms with Gasteiger partial charge in [0.25, 0.3) is 0 Å². The molecule has 7 nitrogen and oxygen atoms in total. The molecule has 1 saturated carbocycles. The van der Waals surface area contributed by atoms with Gasteiger partial charge in [-0.1, -0.05) is 6.42 Å². The molecular formula is C16H19NO6. The molecule has 1 spiro atoms. The van der Waals surface area contributed by atoms with Crippen LogP contribution in [0.1, 0.15) is 36.0 Å². The Hall–Kier alpha value is -1.96. The molecule has 1 saturated heterocycles. The lowest BCUT2D eigenvalue weighted by Crippen LogP contribution is -2.47. The predicted molar refractivity (Wildman–Crippen MR) is 79.7 cm³/mol. The van der Waals surface area contributed by atoms with E-state index in [0.29, 0.717) is 18.9 Å². The monoisotopic (exact) mass is 321 g/mol. The standard InChI is InChI=1S/C16H19NO6/c18-14(13-3-1-2-8-16(13)21-9-10-22-16)17-12-6-4-11(5-7-12)15(19)23-20/h4-7,13,20H,1-3,8-10H2,(H,17,18). The second-order valence-corrected chi connectivity index (χ2v) is 5.75. The van der Waals surface area contributed by atoms with Crippen molar-refractivity contribution < 1.29 is 29.2 Å². The molecule has 23 heavy (non-hydrogen) atoms. The summed E-state index contributed by atoms with van der Waals surface area (Å²) in [6, 6.07) is 6.09. The van der Waals surface area contributed by atoms with Gasteiger partial charge in [-0.15, -0.1) is 0 Å². The van der Waals surface area contributed by atoms with Gasteiger partial charge in [-0.3, -0.25) is 9.68 Å². The molecule has 0 radical (unpaired) electrons. The first kappa shape index (κ1) is 15.9. The molecule has 1 heterocycles. The van der Waals surface area contributed by atoms with Crippen LogP contribution >= 0.6 is 0 Å². The highest BCUT2D eigenvalue weighted by atomic mass is 17.1. The van der Waals surface area contributed by atoms with E-state index in [0.717, 1.165) is 25.7 Å². The van der Waals surface area contributed by atoms with Crippen molar-refractivity contribution in [2.75, 3.05) is 18.5 Å². The molecule has 2 aliphatic rings. The lowest BCUT2D eigenvalue weighted by molar-refractivity contribution is -0.210. The molecule has 1 unspecified atom stereocenters. The maximum atomic E-state index is 12.6. The van der Waals surface area contributed by atoms with Crippen LogP contribution in [-0.4, -0.2) is 36.1 Å². The number of hydrogen-bond donors (Lipinski definition) is 2. The largest absolute Gasteiger partial charge is 0.372 e. The van der Waals surface area contributed by atoms with Crippen molar-refractivity contribution in [3.63, 3.8) is 0 Å². The summed E-state index contributed by atoms with van der Waals surface area (Å²) in [4.78, 5) is 27.4. The molecule has 7 heteroatoms. The molecule has 0 bridgehead atoms. The molecule has 1 aliphatic heterocycles. The van der Waals surface area contributed by atoms with Crippen molar-refractivity contribution in [2.45, 2.75) is 31.5 Å². The molecule has 124 valence electrons. The number of amides is 1. The van der Waals surface area contributed by atoms with E-state index in [2.05, 4.69) is 10.2 Å². The highest BCUT2D eigenvalue weighted by molar-refractivity contribution is 5.94. The van der Waals surface area contributed by atoms with Crippen LogP contribution in [0.25, 0.3) is 0 Å². The average molecular weight is 321 g/mol. The Bertz CT molecular complexity index is 579.